The van der Waals surface area contributed by atoms with Crippen molar-refractivity contribution in [1.82, 2.24) is 0 Å². The van der Waals surface area contributed by atoms with Crippen molar-refractivity contribution in [2.45, 2.75) is 40.0 Å². The van der Waals surface area contributed by atoms with Crippen LogP contribution in [0.25, 0.3) is 0 Å². The lowest BCUT2D eigenvalue weighted by Gasteiger charge is -2.21. The van der Waals surface area contributed by atoms with E-state index in [0.717, 1.165) is 5.92 Å². The first-order valence-electron chi connectivity index (χ1n) is 5.29. The van der Waals surface area contributed by atoms with E-state index in [9.17, 15) is 0 Å². The van der Waals surface area contributed by atoms with Crippen molar-refractivity contribution >= 4 is 5.71 Å². The van der Waals surface area contributed by atoms with Crippen molar-refractivity contribution in [3.63, 3.8) is 0 Å². The third kappa shape index (κ3) is 0.949. The van der Waals surface area contributed by atoms with E-state index >= 15 is 0 Å². The molecule has 2 aliphatic heterocycles. The highest BCUT2D eigenvalue weighted by Gasteiger charge is 2.47. The summed E-state index contributed by atoms with van der Waals surface area (Å²) in [6.07, 6.45) is 4.11. The summed E-state index contributed by atoms with van der Waals surface area (Å²) in [5, 5.41) is 0. The molecule has 2 unspecified atom stereocenters. The summed E-state index contributed by atoms with van der Waals surface area (Å²) in [4.78, 5) is 0. The van der Waals surface area contributed by atoms with Gasteiger partial charge in [0.05, 0.1) is 5.41 Å². The molecule has 0 fully saturated rings. The van der Waals surface area contributed by atoms with Gasteiger partial charge in [-0.25, -0.2) is 4.58 Å². The van der Waals surface area contributed by atoms with Crippen LogP contribution in [0.15, 0.2) is 0 Å². The summed E-state index contributed by atoms with van der Waals surface area (Å²) in [5.41, 5.74) is 2.32. The van der Waals surface area contributed by atoms with Crippen LogP contribution >= 0.6 is 0 Å². The Labute approximate surface area is 75.5 Å². The fraction of sp³-hybridized carbons (Fsp3) is 0.909. The Balaban J connectivity index is 2.32. The highest BCUT2D eigenvalue weighted by Crippen LogP contribution is 2.38. The highest BCUT2D eigenvalue weighted by atomic mass is 15.1. The van der Waals surface area contributed by atoms with Crippen LogP contribution in [-0.4, -0.2) is 23.4 Å². The fourth-order valence-electron chi connectivity index (χ4n) is 2.99. The molecule has 12 heavy (non-hydrogen) atoms. The van der Waals surface area contributed by atoms with Gasteiger partial charge in [0.25, 0.3) is 0 Å². The number of hydrogen-bond donors (Lipinski definition) is 0. The zero-order chi connectivity index (χ0) is 8.77. The van der Waals surface area contributed by atoms with Crippen LogP contribution in [0, 0.1) is 11.3 Å². The first kappa shape index (κ1) is 8.28. The van der Waals surface area contributed by atoms with Crippen molar-refractivity contribution in [3.05, 3.63) is 0 Å². The van der Waals surface area contributed by atoms with Crippen molar-refractivity contribution in [1.29, 1.82) is 0 Å². The van der Waals surface area contributed by atoms with Gasteiger partial charge < -0.3 is 0 Å². The minimum absolute atomic E-state index is 0.552. The molecule has 0 bridgehead atoms. The molecule has 0 amide bonds. The van der Waals surface area contributed by atoms with Crippen LogP contribution in [0.2, 0.25) is 0 Å². The molecule has 1 nitrogen and oxygen atoms in total. The normalized spacial score (nSPS) is 40.8. The van der Waals surface area contributed by atoms with E-state index in [-0.39, 0.29) is 0 Å². The fourth-order valence-corrected chi connectivity index (χ4v) is 2.99. The van der Waals surface area contributed by atoms with Gasteiger partial charge in [0.1, 0.15) is 13.1 Å². The van der Waals surface area contributed by atoms with E-state index in [4.69, 9.17) is 0 Å². The van der Waals surface area contributed by atoms with Crippen molar-refractivity contribution in [3.8, 4) is 0 Å². The molecule has 0 saturated carbocycles. The minimum atomic E-state index is 0.552. The highest BCUT2D eigenvalue weighted by molar-refractivity contribution is 5.89. The van der Waals surface area contributed by atoms with Crippen LogP contribution in [-0.2, 0) is 0 Å². The van der Waals surface area contributed by atoms with Gasteiger partial charge in [0.2, 0.25) is 0 Å². The van der Waals surface area contributed by atoms with E-state index in [2.05, 4.69) is 25.3 Å². The number of hydrogen-bond acceptors (Lipinski definition) is 0. The van der Waals surface area contributed by atoms with E-state index in [1.807, 2.05) is 0 Å². The van der Waals surface area contributed by atoms with Crippen LogP contribution < -0.4 is 0 Å². The summed E-state index contributed by atoms with van der Waals surface area (Å²) in [7, 11) is 0. The molecule has 0 N–H and O–H groups in total. The zero-order valence-electron chi connectivity index (χ0n) is 8.56. The van der Waals surface area contributed by atoms with E-state index in [1.54, 1.807) is 5.71 Å². The second kappa shape index (κ2) is 2.58. The molecule has 0 aromatic heterocycles. The SMILES string of the molecule is CCC1(C)CC[N+]2=C1C(C)CC2. The van der Waals surface area contributed by atoms with Gasteiger partial charge >= 0.3 is 0 Å². The quantitative estimate of drug-likeness (QED) is 0.526. The van der Waals surface area contributed by atoms with Crippen molar-refractivity contribution in [2.75, 3.05) is 13.1 Å². The number of nitrogens with zero attached hydrogens (tertiary/aromatic N) is 1. The third-order valence-electron chi connectivity index (χ3n) is 3.97. The molecular weight excluding hydrogens is 146 g/mol. The van der Waals surface area contributed by atoms with Crippen LogP contribution in [0.5, 0.6) is 0 Å². The summed E-state index contributed by atoms with van der Waals surface area (Å²) < 4.78 is 2.63. The van der Waals surface area contributed by atoms with E-state index in [0.29, 0.717) is 5.41 Å². The average molecular weight is 166 g/mol. The molecule has 1 heteroatoms. The second-order valence-electron chi connectivity index (χ2n) is 4.73. The maximum atomic E-state index is 2.63. The first-order valence-corrected chi connectivity index (χ1v) is 5.29. The Morgan fingerprint density at radius 1 is 1.50 bits per heavy atom. The largest absolute Gasteiger partial charge is 0.236 e. The molecule has 2 aliphatic rings. The minimum Gasteiger partial charge on any atom is -0.236 e. The van der Waals surface area contributed by atoms with Gasteiger partial charge in [0.15, 0.2) is 5.71 Å². The summed E-state index contributed by atoms with van der Waals surface area (Å²) in [6.45, 7) is 9.83. The van der Waals surface area contributed by atoms with Gasteiger partial charge in [-0.05, 0) is 13.3 Å². The molecule has 2 heterocycles. The predicted molar refractivity (Wildman–Crippen MR) is 51.8 cm³/mol. The Bertz CT molecular complexity index is 229. The molecule has 2 rings (SSSR count). The third-order valence-corrected chi connectivity index (χ3v) is 3.97. The standard InChI is InChI=1S/C11H20N/c1-4-11(3)6-8-12-7-5-9(2)10(11)12/h9H,4-8H2,1-3H3/q+1. The molecule has 0 aromatic carbocycles. The lowest BCUT2D eigenvalue weighted by Crippen LogP contribution is -2.28. The van der Waals surface area contributed by atoms with E-state index in [1.165, 1.54) is 32.4 Å². The molecule has 2 atom stereocenters. The smallest absolute Gasteiger partial charge is 0.161 e. The molecule has 0 radical (unpaired) electrons. The summed E-state index contributed by atoms with van der Waals surface area (Å²) in [5.74, 6) is 0.859. The molecule has 0 spiro atoms. The molecular formula is C11H20N+. The van der Waals surface area contributed by atoms with Gasteiger partial charge in [-0.15, -0.1) is 0 Å². The zero-order valence-corrected chi connectivity index (χ0v) is 8.56. The first-order chi connectivity index (χ1) is 5.67. The lowest BCUT2D eigenvalue weighted by molar-refractivity contribution is -0.512. The van der Waals surface area contributed by atoms with Gasteiger partial charge in [0, 0.05) is 18.8 Å². The van der Waals surface area contributed by atoms with Gasteiger partial charge in [-0.2, -0.15) is 0 Å². The van der Waals surface area contributed by atoms with Gasteiger partial charge in [-0.1, -0.05) is 13.8 Å². The Hall–Kier alpha value is -0.330. The van der Waals surface area contributed by atoms with Crippen LogP contribution in [0.4, 0.5) is 0 Å². The van der Waals surface area contributed by atoms with Crippen LogP contribution in [0.3, 0.4) is 0 Å². The monoisotopic (exact) mass is 166 g/mol. The topological polar surface area (TPSA) is 3.01 Å². The molecule has 0 aromatic rings. The van der Waals surface area contributed by atoms with E-state index < -0.39 is 0 Å². The predicted octanol–water partition coefficient (Wildman–Crippen LogP) is 2.30. The number of rotatable bonds is 1. The summed E-state index contributed by atoms with van der Waals surface area (Å²) in [6, 6.07) is 0. The maximum absolute atomic E-state index is 2.63. The molecule has 0 aliphatic carbocycles. The molecule has 0 saturated heterocycles. The average Bonchev–Trinajstić information content (AvgIpc) is 2.57. The van der Waals surface area contributed by atoms with Crippen LogP contribution in [0.1, 0.15) is 40.0 Å². The lowest BCUT2D eigenvalue weighted by atomic mass is 9.76. The van der Waals surface area contributed by atoms with Crippen molar-refractivity contribution in [2.24, 2.45) is 11.3 Å². The van der Waals surface area contributed by atoms with Crippen molar-refractivity contribution < 1.29 is 4.58 Å². The maximum Gasteiger partial charge on any atom is 0.161 e. The summed E-state index contributed by atoms with van der Waals surface area (Å²) >= 11 is 0. The Morgan fingerprint density at radius 3 is 2.92 bits per heavy atom. The second-order valence-corrected chi connectivity index (χ2v) is 4.73. The Kier molecular flexibility index (Phi) is 1.78. The Morgan fingerprint density at radius 2 is 2.25 bits per heavy atom. The van der Waals surface area contributed by atoms with Gasteiger partial charge in [-0.3, -0.25) is 0 Å². The molecule has 68 valence electrons.